The second kappa shape index (κ2) is 7.64. The van der Waals surface area contributed by atoms with Crippen LogP contribution in [-0.2, 0) is 0 Å². The number of halogens is 2. The van der Waals surface area contributed by atoms with Crippen LogP contribution in [0.5, 0.6) is 0 Å². The molecule has 0 aromatic carbocycles. The Bertz CT molecular complexity index is 62.6. The van der Waals surface area contributed by atoms with Crippen LogP contribution in [0.3, 0.4) is 0 Å². The van der Waals surface area contributed by atoms with Crippen LogP contribution < -0.4 is 5.32 Å². The van der Waals surface area contributed by atoms with Gasteiger partial charge in [0.25, 0.3) is 0 Å². The predicted molar refractivity (Wildman–Crippen MR) is 50.4 cm³/mol. The van der Waals surface area contributed by atoms with E-state index in [0.29, 0.717) is 0 Å². The molecule has 64 valence electrons. The van der Waals surface area contributed by atoms with E-state index in [1.54, 1.807) is 0 Å². The Hall–Kier alpha value is 0.540. The van der Waals surface area contributed by atoms with E-state index in [1.807, 2.05) is 0 Å². The van der Waals surface area contributed by atoms with Crippen LogP contribution in [0.25, 0.3) is 0 Å². The summed E-state index contributed by atoms with van der Waals surface area (Å²) in [6.45, 7) is 0. The van der Waals surface area contributed by atoms with Gasteiger partial charge >= 0.3 is 0 Å². The highest BCUT2D eigenvalue weighted by Gasteiger charge is 2.09. The van der Waals surface area contributed by atoms with E-state index in [9.17, 15) is 0 Å². The van der Waals surface area contributed by atoms with Gasteiger partial charge in [0.1, 0.15) is 0 Å². The van der Waals surface area contributed by atoms with Crippen molar-refractivity contribution in [1.82, 2.24) is 5.32 Å². The first-order chi connectivity index (χ1) is 3.93. The van der Waals surface area contributed by atoms with Gasteiger partial charge in [0.05, 0.1) is 0 Å². The molecule has 0 aromatic heterocycles. The third kappa shape index (κ3) is 4.37. The Kier molecular flexibility index (Phi) is 10.1. The fourth-order valence-electron chi connectivity index (χ4n) is 1.39. The molecule has 0 radical (unpaired) electrons. The molecule has 0 saturated heterocycles. The average molecular weight is 186 g/mol. The predicted octanol–water partition coefficient (Wildman–Crippen LogP) is 2.38. The zero-order valence-electron chi connectivity index (χ0n) is 6.43. The molecule has 0 heterocycles. The third-order valence-corrected chi connectivity index (χ3v) is 2.01. The molecule has 0 aliphatic heterocycles. The molecule has 1 fully saturated rings. The van der Waals surface area contributed by atoms with Gasteiger partial charge in [0, 0.05) is 6.04 Å². The van der Waals surface area contributed by atoms with Crippen molar-refractivity contribution in [3.8, 4) is 0 Å². The standard InChI is InChI=1S/C7H15N.2ClH/c1-8-7-5-3-2-4-6-7;;/h7-8H,2-6H2,1H3;2*1H. The summed E-state index contributed by atoms with van der Waals surface area (Å²) in [4.78, 5) is 0. The van der Waals surface area contributed by atoms with Gasteiger partial charge in [-0.15, -0.1) is 24.8 Å². The normalized spacial score (nSPS) is 18.9. The van der Waals surface area contributed by atoms with Gasteiger partial charge in [-0.2, -0.15) is 0 Å². The molecular weight excluding hydrogens is 169 g/mol. The van der Waals surface area contributed by atoms with Crippen molar-refractivity contribution >= 4 is 24.8 Å². The Morgan fingerprint density at radius 1 is 1.00 bits per heavy atom. The maximum atomic E-state index is 3.30. The number of nitrogens with one attached hydrogen (secondary N) is 1. The van der Waals surface area contributed by atoms with Gasteiger partial charge in [-0.3, -0.25) is 0 Å². The Labute approximate surface area is 75.8 Å². The maximum Gasteiger partial charge on any atom is 0.00640 e. The third-order valence-electron chi connectivity index (χ3n) is 2.01. The molecule has 0 spiro atoms. The van der Waals surface area contributed by atoms with Crippen molar-refractivity contribution in [3.63, 3.8) is 0 Å². The van der Waals surface area contributed by atoms with E-state index in [-0.39, 0.29) is 24.8 Å². The van der Waals surface area contributed by atoms with E-state index in [4.69, 9.17) is 0 Å². The molecule has 0 unspecified atom stereocenters. The van der Waals surface area contributed by atoms with Gasteiger partial charge in [-0.25, -0.2) is 0 Å². The number of hydrogen-bond acceptors (Lipinski definition) is 1. The highest BCUT2D eigenvalue weighted by atomic mass is 35.5. The first kappa shape index (κ1) is 13.2. The van der Waals surface area contributed by atoms with E-state index >= 15 is 0 Å². The first-order valence-corrected chi connectivity index (χ1v) is 3.61. The molecule has 1 aliphatic rings. The maximum absolute atomic E-state index is 3.30. The van der Waals surface area contributed by atoms with Crippen LogP contribution in [0.2, 0.25) is 0 Å². The second-order valence-corrected chi connectivity index (χ2v) is 2.62. The minimum absolute atomic E-state index is 0. The van der Waals surface area contributed by atoms with Crippen molar-refractivity contribution in [2.24, 2.45) is 0 Å². The summed E-state index contributed by atoms with van der Waals surface area (Å²) in [6.07, 6.45) is 7.13. The summed E-state index contributed by atoms with van der Waals surface area (Å²) in [5.41, 5.74) is 0. The van der Waals surface area contributed by atoms with Gasteiger partial charge in [0.15, 0.2) is 0 Å². The largest absolute Gasteiger partial charge is 0.317 e. The lowest BCUT2D eigenvalue weighted by molar-refractivity contribution is 0.394. The van der Waals surface area contributed by atoms with Crippen molar-refractivity contribution in [2.45, 2.75) is 38.1 Å². The summed E-state index contributed by atoms with van der Waals surface area (Å²) < 4.78 is 0. The van der Waals surface area contributed by atoms with Crippen LogP contribution in [-0.4, -0.2) is 13.1 Å². The minimum Gasteiger partial charge on any atom is -0.317 e. The van der Waals surface area contributed by atoms with Gasteiger partial charge in [-0.1, -0.05) is 19.3 Å². The highest BCUT2D eigenvalue weighted by molar-refractivity contribution is 5.85. The lowest BCUT2D eigenvalue weighted by Crippen LogP contribution is -2.26. The molecule has 3 heteroatoms. The lowest BCUT2D eigenvalue weighted by atomic mass is 9.96. The van der Waals surface area contributed by atoms with E-state index < -0.39 is 0 Å². The number of rotatable bonds is 1. The fourth-order valence-corrected chi connectivity index (χ4v) is 1.39. The zero-order chi connectivity index (χ0) is 5.82. The quantitative estimate of drug-likeness (QED) is 0.662. The topological polar surface area (TPSA) is 12.0 Å². The van der Waals surface area contributed by atoms with Crippen molar-refractivity contribution in [2.75, 3.05) is 7.05 Å². The van der Waals surface area contributed by atoms with E-state index in [2.05, 4.69) is 12.4 Å². The molecule has 0 atom stereocenters. The minimum atomic E-state index is 0. The molecule has 1 aliphatic carbocycles. The summed E-state index contributed by atoms with van der Waals surface area (Å²) in [5, 5.41) is 3.30. The summed E-state index contributed by atoms with van der Waals surface area (Å²) >= 11 is 0. The molecule has 1 N–H and O–H groups in total. The molecule has 0 aromatic rings. The highest BCUT2D eigenvalue weighted by Crippen LogP contribution is 2.16. The Morgan fingerprint density at radius 3 is 1.80 bits per heavy atom. The SMILES string of the molecule is CNC1CCCCC1.Cl.Cl. The molecule has 10 heavy (non-hydrogen) atoms. The van der Waals surface area contributed by atoms with Crippen LogP contribution >= 0.6 is 24.8 Å². The average Bonchev–Trinajstić information content (AvgIpc) is 1.90. The zero-order valence-corrected chi connectivity index (χ0v) is 8.06. The first-order valence-electron chi connectivity index (χ1n) is 3.61. The van der Waals surface area contributed by atoms with Crippen LogP contribution in [0.4, 0.5) is 0 Å². The molecule has 0 bridgehead atoms. The lowest BCUT2D eigenvalue weighted by Gasteiger charge is -2.20. The van der Waals surface area contributed by atoms with Crippen LogP contribution in [0.1, 0.15) is 32.1 Å². The smallest absolute Gasteiger partial charge is 0.00640 e. The Morgan fingerprint density at radius 2 is 1.50 bits per heavy atom. The van der Waals surface area contributed by atoms with Crippen molar-refractivity contribution in [3.05, 3.63) is 0 Å². The summed E-state index contributed by atoms with van der Waals surface area (Å²) in [5.74, 6) is 0. The summed E-state index contributed by atoms with van der Waals surface area (Å²) in [7, 11) is 2.07. The Balaban J connectivity index is 0. The molecule has 1 saturated carbocycles. The number of hydrogen-bond donors (Lipinski definition) is 1. The molecule has 1 nitrogen and oxygen atoms in total. The summed E-state index contributed by atoms with van der Waals surface area (Å²) in [6, 6.07) is 0.837. The molecule has 1 rings (SSSR count). The van der Waals surface area contributed by atoms with Crippen molar-refractivity contribution < 1.29 is 0 Å². The molecular formula is C7H17Cl2N. The second-order valence-electron chi connectivity index (χ2n) is 2.62. The van der Waals surface area contributed by atoms with E-state index in [1.165, 1.54) is 32.1 Å². The molecule has 0 amide bonds. The van der Waals surface area contributed by atoms with Gasteiger partial charge in [-0.05, 0) is 19.9 Å². The van der Waals surface area contributed by atoms with Crippen LogP contribution in [0.15, 0.2) is 0 Å². The van der Waals surface area contributed by atoms with Gasteiger partial charge < -0.3 is 5.32 Å². The van der Waals surface area contributed by atoms with E-state index in [0.717, 1.165) is 6.04 Å². The van der Waals surface area contributed by atoms with Gasteiger partial charge in [0.2, 0.25) is 0 Å². The van der Waals surface area contributed by atoms with Crippen LogP contribution in [0, 0.1) is 0 Å². The fraction of sp³-hybridized carbons (Fsp3) is 1.00. The monoisotopic (exact) mass is 185 g/mol. The van der Waals surface area contributed by atoms with Crippen molar-refractivity contribution in [1.29, 1.82) is 0 Å².